The van der Waals surface area contributed by atoms with Crippen LogP contribution < -0.4 is 10.2 Å². The second kappa shape index (κ2) is 16.0. The van der Waals surface area contributed by atoms with Gasteiger partial charge in [-0.2, -0.15) is 0 Å². The Morgan fingerprint density at radius 2 is 1.32 bits per heavy atom. The van der Waals surface area contributed by atoms with Crippen LogP contribution in [0.5, 0.6) is 0 Å². The number of rotatable bonds is 18. The highest BCUT2D eigenvalue weighted by Crippen LogP contribution is 2.44. The van der Waals surface area contributed by atoms with Gasteiger partial charge < -0.3 is 42.7 Å². The molecule has 0 aromatic heterocycles. The summed E-state index contributed by atoms with van der Waals surface area (Å²) in [5, 5.41) is 2.26. The maximum atomic E-state index is 13.3. The molecule has 234 valence electrons. The van der Waals surface area contributed by atoms with E-state index in [1.165, 1.54) is 28.0 Å². The number of amides is 1. The van der Waals surface area contributed by atoms with E-state index in [9.17, 15) is 28.6 Å². The Balaban J connectivity index is 5.41. The molecular formula is C24H44BrN2O12P. The molecule has 0 aliphatic heterocycles. The van der Waals surface area contributed by atoms with Crippen LogP contribution in [0.1, 0.15) is 40.5 Å². The number of alkyl carbamates (subject to hydrolysis) is 1. The number of ether oxygens (including phenoxy) is 4. The second-order valence-electron chi connectivity index (χ2n) is 11.3. The van der Waals surface area contributed by atoms with Crippen molar-refractivity contribution in [2.24, 2.45) is 10.8 Å². The van der Waals surface area contributed by atoms with Crippen LogP contribution in [0.15, 0.2) is 0 Å². The highest BCUT2D eigenvalue weighted by molar-refractivity contribution is 9.10. The van der Waals surface area contributed by atoms with Gasteiger partial charge in [0.2, 0.25) is 0 Å². The van der Waals surface area contributed by atoms with Crippen LogP contribution in [0, 0.1) is 10.8 Å². The van der Waals surface area contributed by atoms with Gasteiger partial charge in [-0.3, -0.25) is 18.9 Å². The van der Waals surface area contributed by atoms with Crippen LogP contribution in [0.2, 0.25) is 0 Å². The van der Waals surface area contributed by atoms with Crippen LogP contribution in [0.25, 0.3) is 0 Å². The number of hydrogen-bond donors (Lipinski definition) is 1. The summed E-state index contributed by atoms with van der Waals surface area (Å²) in [5.74, 6) is -2.14. The van der Waals surface area contributed by atoms with Crippen LogP contribution >= 0.6 is 23.8 Å². The number of carbonyl (C=O) groups is 4. The third-order valence-corrected chi connectivity index (χ3v) is 7.14. The molecule has 0 radical (unpaired) electrons. The summed E-state index contributed by atoms with van der Waals surface area (Å²) in [6, 6.07) is 0. The van der Waals surface area contributed by atoms with E-state index in [1.807, 2.05) is 21.1 Å². The molecule has 0 aliphatic carbocycles. The first kappa shape index (κ1) is 38.2. The van der Waals surface area contributed by atoms with Crippen molar-refractivity contribution in [3.63, 3.8) is 0 Å². The van der Waals surface area contributed by atoms with Gasteiger partial charge in [0.25, 0.3) is 7.82 Å². The number of alkyl halides is 1. The van der Waals surface area contributed by atoms with Gasteiger partial charge in [0.15, 0.2) is 0 Å². The van der Waals surface area contributed by atoms with Gasteiger partial charge in [-0.1, -0.05) is 15.9 Å². The van der Waals surface area contributed by atoms with Gasteiger partial charge in [-0.05, 0) is 40.5 Å². The minimum atomic E-state index is -4.62. The number of hydrogen-bond acceptors (Lipinski definition) is 12. The van der Waals surface area contributed by atoms with E-state index in [4.69, 9.17) is 28.0 Å². The molecule has 0 bridgehead atoms. The summed E-state index contributed by atoms with van der Waals surface area (Å²) in [4.78, 5) is 61.6. The number of esters is 3. The minimum Gasteiger partial charge on any atom is -0.756 e. The third kappa shape index (κ3) is 14.7. The van der Waals surface area contributed by atoms with Gasteiger partial charge in [-0.25, -0.2) is 4.79 Å². The first-order chi connectivity index (χ1) is 18.1. The molecular weight excluding hydrogens is 619 g/mol. The molecule has 40 heavy (non-hydrogen) atoms. The van der Waals surface area contributed by atoms with E-state index < -0.39 is 60.2 Å². The van der Waals surface area contributed by atoms with Gasteiger partial charge in [0.1, 0.15) is 37.3 Å². The van der Waals surface area contributed by atoms with Crippen LogP contribution in [-0.2, 0) is 46.9 Å². The predicted molar refractivity (Wildman–Crippen MR) is 145 cm³/mol. The van der Waals surface area contributed by atoms with Crippen molar-refractivity contribution in [1.29, 1.82) is 0 Å². The Hall–Kier alpha value is -1.77. The maximum absolute atomic E-state index is 13.3. The number of phosphoric acid groups is 1. The van der Waals surface area contributed by atoms with Gasteiger partial charge in [0.05, 0.1) is 45.7 Å². The number of methoxy groups -OCH3 is 1. The lowest BCUT2D eigenvalue weighted by molar-refractivity contribution is -0.870. The number of likely N-dealkylation sites (N-methyl/N-ethyl adjacent to an activating group) is 1. The normalized spacial score (nSPS) is 16.5. The van der Waals surface area contributed by atoms with Crippen molar-refractivity contribution < 1.29 is 61.1 Å². The first-order valence-electron chi connectivity index (χ1n) is 12.5. The van der Waals surface area contributed by atoms with Crippen molar-refractivity contribution in [2.75, 3.05) is 74.9 Å². The summed E-state index contributed by atoms with van der Waals surface area (Å²) in [6.45, 7) is 5.15. The predicted octanol–water partition coefficient (Wildman–Crippen LogP) is 1.78. The molecule has 0 fully saturated rings. The lowest BCUT2D eigenvalue weighted by Gasteiger charge is -2.37. The average molecular weight is 663 g/mol. The number of nitrogens with one attached hydrogen (secondary N) is 1. The number of halogens is 1. The summed E-state index contributed by atoms with van der Waals surface area (Å²) < 4.78 is 40.9. The zero-order valence-corrected chi connectivity index (χ0v) is 27.3. The fraction of sp³-hybridized carbons (Fsp3) is 0.833. The highest BCUT2D eigenvalue weighted by Gasteiger charge is 2.49. The van der Waals surface area contributed by atoms with E-state index in [2.05, 4.69) is 21.2 Å². The maximum Gasteiger partial charge on any atom is 0.406 e. The summed E-state index contributed by atoms with van der Waals surface area (Å²) in [7, 11) is 3.58. The Morgan fingerprint density at radius 3 is 1.85 bits per heavy atom. The molecule has 0 aliphatic rings. The van der Waals surface area contributed by atoms with Gasteiger partial charge in [-0.15, -0.1) is 0 Å². The molecule has 0 rings (SSSR count). The van der Waals surface area contributed by atoms with Crippen molar-refractivity contribution in [1.82, 2.24) is 5.32 Å². The molecule has 1 N–H and O–H groups in total. The van der Waals surface area contributed by atoms with Crippen molar-refractivity contribution >= 4 is 47.8 Å². The molecule has 14 nitrogen and oxygen atoms in total. The molecule has 0 saturated heterocycles. The summed E-state index contributed by atoms with van der Waals surface area (Å²) in [6.07, 6.45) is -0.948. The molecule has 0 spiro atoms. The quantitative estimate of drug-likeness (QED) is 0.0563. The zero-order valence-electron chi connectivity index (χ0n) is 24.8. The van der Waals surface area contributed by atoms with E-state index in [0.29, 0.717) is 11.0 Å². The van der Waals surface area contributed by atoms with E-state index >= 15 is 0 Å². The average Bonchev–Trinajstić information content (AvgIpc) is 2.81. The Bertz CT molecular complexity index is 922. The standard InChI is InChI=1S/C24H44BrN2O12P/c1-22(2,18(28)35-12-13-37-21(31)26-5)16-23(3,17-24(4,25)20(30)34-9)19(29)36-14-15-39-40(32,33)38-11-10-27(6,7)8/h10-17H2,1-9H3,(H-,26,31,32,33). The van der Waals surface area contributed by atoms with Crippen LogP contribution in [-0.4, -0.2) is 108 Å². The smallest absolute Gasteiger partial charge is 0.406 e. The Kier molecular flexibility index (Phi) is 15.3. The molecule has 16 heteroatoms. The summed E-state index contributed by atoms with van der Waals surface area (Å²) in [5.41, 5.74) is -2.70. The van der Waals surface area contributed by atoms with Crippen LogP contribution in [0.3, 0.4) is 0 Å². The number of quaternary nitrogens is 1. The van der Waals surface area contributed by atoms with E-state index in [1.54, 1.807) is 13.8 Å². The number of phosphoric ester groups is 1. The van der Waals surface area contributed by atoms with E-state index in [0.717, 1.165) is 0 Å². The molecule has 0 heterocycles. The molecule has 0 saturated carbocycles. The zero-order chi connectivity index (χ0) is 31.4. The molecule has 0 aromatic rings. The lowest BCUT2D eigenvalue weighted by atomic mass is 9.69. The lowest BCUT2D eigenvalue weighted by Crippen LogP contribution is -2.45. The monoisotopic (exact) mass is 662 g/mol. The van der Waals surface area contributed by atoms with Crippen LogP contribution in [0.4, 0.5) is 4.79 Å². The van der Waals surface area contributed by atoms with Gasteiger partial charge in [0, 0.05) is 7.05 Å². The fourth-order valence-electron chi connectivity index (χ4n) is 3.73. The van der Waals surface area contributed by atoms with Crippen molar-refractivity contribution in [3.8, 4) is 0 Å². The second-order valence-corrected chi connectivity index (χ2v) is 14.4. The minimum absolute atomic E-state index is 0.0807. The Labute approximate surface area is 244 Å². The molecule has 3 atom stereocenters. The summed E-state index contributed by atoms with van der Waals surface area (Å²) >= 11 is 3.30. The highest BCUT2D eigenvalue weighted by atomic mass is 79.9. The molecule has 3 unspecified atom stereocenters. The third-order valence-electron chi connectivity index (χ3n) is 5.54. The first-order valence-corrected chi connectivity index (χ1v) is 14.7. The van der Waals surface area contributed by atoms with E-state index in [-0.39, 0.29) is 32.7 Å². The number of carbonyl (C=O) groups excluding carboxylic acids is 4. The topological polar surface area (TPSA) is 176 Å². The molecule has 0 aromatic carbocycles. The van der Waals surface area contributed by atoms with Gasteiger partial charge >= 0.3 is 24.0 Å². The van der Waals surface area contributed by atoms with Crippen molar-refractivity contribution in [3.05, 3.63) is 0 Å². The fourth-order valence-corrected chi connectivity index (χ4v) is 5.19. The Morgan fingerprint density at radius 1 is 0.825 bits per heavy atom. The largest absolute Gasteiger partial charge is 0.756 e. The SMILES string of the molecule is CNC(=O)OCCOC(=O)C(C)(C)CC(C)(CC(C)(Br)C(=O)OC)C(=O)OCCOP(=O)([O-])OCC[N+](C)(C)C. The number of nitrogens with zero attached hydrogens (tertiary/aromatic N) is 1. The molecule has 1 amide bonds. The van der Waals surface area contributed by atoms with Crippen molar-refractivity contribution in [2.45, 2.75) is 44.9 Å².